The Labute approximate surface area is 198 Å². The van der Waals surface area contributed by atoms with E-state index in [1.54, 1.807) is 32.2 Å². The maximum absolute atomic E-state index is 12.3. The lowest BCUT2D eigenvalue weighted by molar-refractivity contribution is 0.0521. The molecule has 1 aliphatic heterocycles. The van der Waals surface area contributed by atoms with E-state index in [-0.39, 0.29) is 12.6 Å². The molecule has 0 aliphatic carbocycles. The molecule has 0 radical (unpaired) electrons. The fourth-order valence-electron chi connectivity index (χ4n) is 4.68. The number of esters is 1. The predicted octanol–water partition coefficient (Wildman–Crippen LogP) is 5.17. The number of fused-ring (bicyclic) bond motifs is 3. The molecule has 2 N–H and O–H groups in total. The molecule has 0 amide bonds. The van der Waals surface area contributed by atoms with Crippen LogP contribution in [-0.2, 0) is 17.8 Å². The number of hydrogen-bond acceptors (Lipinski definition) is 5. The zero-order valence-electron chi connectivity index (χ0n) is 19.4. The van der Waals surface area contributed by atoms with Crippen molar-refractivity contribution in [1.29, 1.82) is 0 Å². The van der Waals surface area contributed by atoms with Gasteiger partial charge in [-0.05, 0) is 54.8 Å². The molecule has 2 heterocycles. The molecule has 1 atom stereocenters. The molecule has 0 fully saturated rings. The van der Waals surface area contributed by atoms with Crippen LogP contribution in [-0.4, -0.2) is 31.2 Å². The van der Waals surface area contributed by atoms with Crippen molar-refractivity contribution in [2.75, 3.05) is 20.3 Å². The van der Waals surface area contributed by atoms with Crippen molar-refractivity contribution in [2.45, 2.75) is 26.0 Å². The van der Waals surface area contributed by atoms with Gasteiger partial charge in [-0.25, -0.2) is 4.79 Å². The molecule has 174 valence electrons. The van der Waals surface area contributed by atoms with Gasteiger partial charge < -0.3 is 24.5 Å². The number of methoxy groups -OCH3 is 1. The van der Waals surface area contributed by atoms with Gasteiger partial charge in [-0.1, -0.05) is 36.4 Å². The lowest BCUT2D eigenvalue weighted by Gasteiger charge is -2.25. The zero-order chi connectivity index (χ0) is 23.5. The first kappa shape index (κ1) is 22.0. The summed E-state index contributed by atoms with van der Waals surface area (Å²) in [6.07, 6.45) is 0.993. The maximum atomic E-state index is 12.3. The van der Waals surface area contributed by atoms with Crippen LogP contribution >= 0.6 is 0 Å². The van der Waals surface area contributed by atoms with E-state index in [4.69, 9.17) is 14.2 Å². The summed E-state index contributed by atoms with van der Waals surface area (Å²) in [6.45, 7) is 3.27. The molecule has 6 nitrogen and oxygen atoms in total. The first-order chi connectivity index (χ1) is 16.7. The molecule has 5 rings (SSSR count). The second kappa shape index (κ2) is 9.61. The summed E-state index contributed by atoms with van der Waals surface area (Å²) in [5.41, 5.74) is 6.19. The van der Waals surface area contributed by atoms with Crippen LogP contribution in [0.2, 0.25) is 0 Å². The van der Waals surface area contributed by atoms with E-state index in [0.717, 1.165) is 35.4 Å². The Kier molecular flexibility index (Phi) is 6.23. The largest absolute Gasteiger partial charge is 0.496 e. The number of carbonyl (C=O) groups is 1. The van der Waals surface area contributed by atoms with Gasteiger partial charge in [-0.2, -0.15) is 0 Å². The van der Waals surface area contributed by atoms with Gasteiger partial charge in [0.15, 0.2) is 0 Å². The summed E-state index contributed by atoms with van der Waals surface area (Å²) < 4.78 is 16.9. The van der Waals surface area contributed by atoms with Crippen molar-refractivity contribution < 1.29 is 19.0 Å². The van der Waals surface area contributed by atoms with Crippen molar-refractivity contribution in [1.82, 2.24) is 10.3 Å². The Morgan fingerprint density at radius 3 is 2.71 bits per heavy atom. The fourth-order valence-corrected chi connectivity index (χ4v) is 4.68. The van der Waals surface area contributed by atoms with Crippen LogP contribution in [0.3, 0.4) is 0 Å². The van der Waals surface area contributed by atoms with Crippen LogP contribution in [0.25, 0.3) is 10.9 Å². The topological polar surface area (TPSA) is 72.6 Å². The second-order valence-electron chi connectivity index (χ2n) is 8.28. The van der Waals surface area contributed by atoms with Crippen molar-refractivity contribution in [3.63, 3.8) is 0 Å². The molecule has 3 aromatic carbocycles. The molecule has 0 saturated carbocycles. The molecule has 34 heavy (non-hydrogen) atoms. The van der Waals surface area contributed by atoms with Crippen LogP contribution < -0.4 is 14.8 Å². The number of H-pyrrole nitrogens is 1. The third kappa shape index (κ3) is 4.13. The van der Waals surface area contributed by atoms with Gasteiger partial charge in [-0.3, -0.25) is 0 Å². The Morgan fingerprint density at radius 1 is 1.03 bits per heavy atom. The minimum Gasteiger partial charge on any atom is -0.496 e. The molecule has 4 aromatic rings. The minimum absolute atomic E-state index is 0.0487. The highest BCUT2D eigenvalue weighted by Crippen LogP contribution is 2.35. The lowest BCUT2D eigenvalue weighted by atomic mass is 9.93. The molecule has 0 spiro atoms. The smallest absolute Gasteiger partial charge is 0.341 e. The number of carbonyl (C=O) groups excluding carboxylic acids is 1. The highest BCUT2D eigenvalue weighted by atomic mass is 16.5. The Bertz CT molecular complexity index is 1330. The third-order valence-corrected chi connectivity index (χ3v) is 6.26. The van der Waals surface area contributed by atoms with Gasteiger partial charge in [0.05, 0.1) is 19.8 Å². The van der Waals surface area contributed by atoms with Crippen LogP contribution in [0.15, 0.2) is 66.7 Å². The number of hydrogen-bond donors (Lipinski definition) is 2. The van der Waals surface area contributed by atoms with E-state index in [9.17, 15) is 4.79 Å². The summed E-state index contributed by atoms with van der Waals surface area (Å²) in [5.74, 6) is 0.837. The van der Waals surface area contributed by atoms with Gasteiger partial charge in [0.1, 0.15) is 23.7 Å². The van der Waals surface area contributed by atoms with Crippen LogP contribution in [0.4, 0.5) is 0 Å². The van der Waals surface area contributed by atoms with Crippen LogP contribution in [0.5, 0.6) is 11.5 Å². The SMILES string of the molecule is CCOC(=O)c1ccccc1OCc1cc(C2NCCc3c2[nH]c2ccccc32)ccc1OC. The monoisotopic (exact) mass is 456 g/mol. The summed E-state index contributed by atoms with van der Waals surface area (Å²) in [7, 11) is 1.65. The van der Waals surface area contributed by atoms with Gasteiger partial charge in [0.25, 0.3) is 0 Å². The second-order valence-corrected chi connectivity index (χ2v) is 8.28. The molecule has 0 bridgehead atoms. The molecule has 1 unspecified atom stereocenters. The summed E-state index contributed by atoms with van der Waals surface area (Å²) >= 11 is 0. The van der Waals surface area contributed by atoms with Crippen molar-refractivity contribution in [3.8, 4) is 11.5 Å². The zero-order valence-corrected chi connectivity index (χ0v) is 19.4. The highest BCUT2D eigenvalue weighted by Gasteiger charge is 2.26. The predicted molar refractivity (Wildman–Crippen MR) is 132 cm³/mol. The number of ether oxygens (including phenoxy) is 3. The summed E-state index contributed by atoms with van der Waals surface area (Å²) in [4.78, 5) is 15.9. The van der Waals surface area contributed by atoms with Gasteiger partial charge in [0, 0.05) is 28.7 Å². The number of rotatable bonds is 7. The molecule has 1 aliphatic rings. The standard InChI is InChI=1S/C28H28N2O4/c1-3-33-28(31)22-9-5-7-11-25(22)34-17-19-16-18(12-13-24(19)32-2)26-27-21(14-15-29-26)20-8-4-6-10-23(20)30-27/h4-13,16,26,29-30H,3,14-15,17H2,1-2H3. The number of aromatic nitrogens is 1. The normalized spacial score (nSPS) is 15.1. The first-order valence-electron chi connectivity index (χ1n) is 11.6. The van der Waals surface area contributed by atoms with E-state index in [2.05, 4.69) is 46.7 Å². The van der Waals surface area contributed by atoms with Crippen LogP contribution in [0.1, 0.15) is 45.7 Å². The van der Waals surface area contributed by atoms with Gasteiger partial charge >= 0.3 is 5.97 Å². The Morgan fingerprint density at radius 2 is 1.85 bits per heavy atom. The number of para-hydroxylation sites is 2. The van der Waals surface area contributed by atoms with E-state index in [0.29, 0.717) is 17.9 Å². The third-order valence-electron chi connectivity index (χ3n) is 6.26. The minimum atomic E-state index is -0.392. The molecule has 1 aromatic heterocycles. The molecular formula is C28H28N2O4. The van der Waals surface area contributed by atoms with Gasteiger partial charge in [0.2, 0.25) is 0 Å². The lowest BCUT2D eigenvalue weighted by Crippen LogP contribution is -2.30. The first-order valence-corrected chi connectivity index (χ1v) is 11.6. The molecular weight excluding hydrogens is 428 g/mol. The maximum Gasteiger partial charge on any atom is 0.341 e. The average Bonchev–Trinajstić information content (AvgIpc) is 3.26. The van der Waals surface area contributed by atoms with Crippen molar-refractivity contribution in [3.05, 3.63) is 94.7 Å². The summed E-state index contributed by atoms with van der Waals surface area (Å²) in [5, 5.41) is 4.94. The van der Waals surface area contributed by atoms with E-state index >= 15 is 0 Å². The number of benzene rings is 3. The van der Waals surface area contributed by atoms with Crippen molar-refractivity contribution in [2.24, 2.45) is 0 Å². The highest BCUT2D eigenvalue weighted by molar-refractivity contribution is 5.92. The molecule has 6 heteroatoms. The Balaban J connectivity index is 1.45. The quantitative estimate of drug-likeness (QED) is 0.376. The van der Waals surface area contributed by atoms with E-state index in [1.807, 2.05) is 12.1 Å². The van der Waals surface area contributed by atoms with E-state index < -0.39 is 5.97 Å². The number of aromatic amines is 1. The van der Waals surface area contributed by atoms with E-state index in [1.165, 1.54) is 16.6 Å². The number of nitrogens with one attached hydrogen (secondary N) is 2. The van der Waals surface area contributed by atoms with Gasteiger partial charge in [-0.15, -0.1) is 0 Å². The fraction of sp³-hybridized carbons (Fsp3) is 0.250. The van der Waals surface area contributed by atoms with Crippen molar-refractivity contribution >= 4 is 16.9 Å². The average molecular weight is 457 g/mol. The van der Waals surface area contributed by atoms with Crippen LogP contribution in [0, 0.1) is 0 Å². The Hall–Kier alpha value is -3.77. The summed E-state index contributed by atoms with van der Waals surface area (Å²) in [6, 6.07) is 21.8. The molecule has 0 saturated heterocycles.